The van der Waals surface area contributed by atoms with Crippen molar-refractivity contribution in [2.24, 2.45) is 28.6 Å². The van der Waals surface area contributed by atoms with Crippen molar-refractivity contribution < 1.29 is 116 Å². The number of thiazole rings is 1. The number of aliphatic carboxylic acids is 1. The number of carbonyl (C=O) groups excluding carboxylic acids is 8. The minimum Gasteiger partial charge on any atom is -0.479 e. The van der Waals surface area contributed by atoms with Crippen LogP contribution in [-0.2, 0) is 95.2 Å². The van der Waals surface area contributed by atoms with Crippen molar-refractivity contribution in [3.8, 4) is 11.1 Å². The number of benzene rings is 3. The van der Waals surface area contributed by atoms with Gasteiger partial charge in [0.05, 0.1) is 66.4 Å². The van der Waals surface area contributed by atoms with Crippen LogP contribution in [0.15, 0.2) is 91.1 Å². The molecule has 122 heavy (non-hydrogen) atoms. The molecule has 0 spiro atoms. The standard InChI is InChI=1S/C84H106N12O24S2/c1-47(2)69(90-65(99)25-29-92(30-32-117-34-35-122(114,115)116)68(102)40-95-66(100)20-21-67(95)101)77(108)86-49(4)75(106)87-54-16-14-53(52(36-54)15-18-62-71(103)72(104)73(105)74(120-62)79(111)112)42-118-81(113)93(28-24-55(98)41-97)31-33-119-84-37-48(3)60-22-26-82(6,44-84)43-83(60,45-84)46-96-50(5)58(38-85-96)56-17-19-64(89-70(56)78(109)110)94-27-23-51-10-9-11-57(59(51)39-94)76(107)91-80-88-61-12-7-8-13-63(61)121-80/h7-14,16-17,19-21,36,38,47-49,55,60,62,69,71-74,97-98,103-105H,15,18,22-35,37,39-46H2,1-6H3,(H,86,108)(H,87,106)(H,90,99)(H,109,110)(H,111,112)(H,88,91,107)(H,114,115,116)/t48?,49-,55?,60?,62-,69-,71-,72+,73-,74-,82?,83?,84?/m0/s1. The largest absolute Gasteiger partial charge is 0.479 e. The molecule has 4 fully saturated rings. The van der Waals surface area contributed by atoms with Crippen molar-refractivity contribution in [2.45, 2.75) is 186 Å². The molecule has 12 N–H and O–H groups in total. The molecule has 6 aliphatic rings. The molecule has 8 amide bonds. The summed E-state index contributed by atoms with van der Waals surface area (Å²) >= 11 is 1.39. The van der Waals surface area contributed by atoms with Gasteiger partial charge in [0.15, 0.2) is 16.9 Å². The smallest absolute Gasteiger partial charge is 0.410 e. The van der Waals surface area contributed by atoms with E-state index in [-0.39, 0.29) is 98.6 Å². The average Bonchev–Trinajstić information content (AvgIpc) is 0.846. The van der Waals surface area contributed by atoms with Crippen LogP contribution < -0.4 is 26.2 Å². The minimum absolute atomic E-state index is 0.0139. The number of para-hydroxylation sites is 1. The number of ether oxygens (including phenoxy) is 4. The molecular weight excluding hydrogens is 1630 g/mol. The summed E-state index contributed by atoms with van der Waals surface area (Å²) in [6.45, 7) is 9.43. The van der Waals surface area contributed by atoms with Crippen molar-refractivity contribution in [1.29, 1.82) is 0 Å². The molecule has 6 heterocycles. The van der Waals surface area contributed by atoms with Crippen molar-refractivity contribution in [2.75, 3.05) is 87.0 Å². The Morgan fingerprint density at radius 1 is 0.820 bits per heavy atom. The Morgan fingerprint density at radius 3 is 2.30 bits per heavy atom. The lowest BCUT2D eigenvalue weighted by molar-refractivity contribution is -0.228. The summed E-state index contributed by atoms with van der Waals surface area (Å²) in [6, 6.07) is 18.9. The number of imide groups is 1. The second-order valence-corrected chi connectivity index (χ2v) is 36.1. The van der Waals surface area contributed by atoms with E-state index in [1.165, 1.54) is 41.4 Å². The zero-order valence-electron chi connectivity index (χ0n) is 68.7. The topological polar surface area (TPSA) is 508 Å². The summed E-state index contributed by atoms with van der Waals surface area (Å²) in [6.07, 6.45) is -2.50. The molecule has 36 nitrogen and oxygen atoms in total. The maximum atomic E-state index is 14.6. The molecule has 3 aromatic carbocycles. The number of nitrogens with one attached hydrogen (secondary N) is 4. The lowest BCUT2D eigenvalue weighted by Gasteiger charge is -2.66. The van der Waals surface area contributed by atoms with Crippen LogP contribution in [-0.4, -0.2) is 268 Å². The average molecular weight is 1730 g/mol. The molecule has 3 saturated carbocycles. The fourth-order valence-electron chi connectivity index (χ4n) is 18.4. The van der Waals surface area contributed by atoms with E-state index >= 15 is 0 Å². The van der Waals surface area contributed by atoms with Gasteiger partial charge in [-0.05, 0) is 171 Å². The Morgan fingerprint density at radius 2 is 1.57 bits per heavy atom. The lowest BCUT2D eigenvalue weighted by Crippen LogP contribution is -2.63. The Bertz CT molecular complexity index is 5030. The van der Waals surface area contributed by atoms with Crippen LogP contribution >= 0.6 is 11.3 Å². The molecule has 38 heteroatoms. The molecule has 1 saturated heterocycles. The van der Waals surface area contributed by atoms with Crippen molar-refractivity contribution in [3.05, 3.63) is 130 Å². The van der Waals surface area contributed by atoms with E-state index < -0.39 is 162 Å². The molecule has 3 aromatic heterocycles. The summed E-state index contributed by atoms with van der Waals surface area (Å²) in [5, 5.41) is 90.0. The van der Waals surface area contributed by atoms with Gasteiger partial charge in [-0.15, -0.1) is 0 Å². The summed E-state index contributed by atoms with van der Waals surface area (Å²) in [5.74, 6) is -8.03. The minimum atomic E-state index is -4.37. The number of carbonyl (C=O) groups is 10. The summed E-state index contributed by atoms with van der Waals surface area (Å²) in [7, 11) is -4.37. The number of hydrogen-bond acceptors (Lipinski definition) is 26. The van der Waals surface area contributed by atoms with E-state index in [1.54, 1.807) is 32.2 Å². The first-order valence-electron chi connectivity index (χ1n) is 40.9. The number of hydrogen-bond donors (Lipinski definition) is 12. The number of fused-ring (bicyclic) bond motifs is 4. The third-order valence-corrected chi connectivity index (χ3v) is 26.0. The first-order chi connectivity index (χ1) is 57.9. The van der Waals surface area contributed by atoms with Gasteiger partial charge in [0.1, 0.15) is 49.4 Å². The Balaban J connectivity index is 0.702. The fourth-order valence-corrected chi connectivity index (χ4v) is 19.6. The molecule has 3 aliphatic carbocycles. The number of pyridine rings is 1. The zero-order chi connectivity index (χ0) is 87.9. The van der Waals surface area contributed by atoms with E-state index in [9.17, 15) is 92.1 Å². The highest BCUT2D eigenvalue weighted by Gasteiger charge is 2.64. The number of aliphatic hydroxyl groups excluding tert-OH is 5. The highest BCUT2D eigenvalue weighted by molar-refractivity contribution is 7.85. The first-order valence-corrected chi connectivity index (χ1v) is 43.3. The molecule has 3 bridgehead atoms. The monoisotopic (exact) mass is 1730 g/mol. The Hall–Kier alpha value is -10.3. The number of aliphatic hydroxyl groups is 5. The third kappa shape index (κ3) is 21.5. The van der Waals surface area contributed by atoms with Crippen molar-refractivity contribution in [1.82, 2.24) is 45.1 Å². The predicted octanol–water partition coefficient (Wildman–Crippen LogP) is 4.64. The molecular formula is C84H106N12O24S2. The second-order valence-electron chi connectivity index (χ2n) is 33.5. The van der Waals surface area contributed by atoms with Crippen LogP contribution in [0.2, 0.25) is 0 Å². The van der Waals surface area contributed by atoms with E-state index in [1.807, 2.05) is 59.0 Å². The van der Waals surface area contributed by atoms with Crippen LogP contribution in [0.25, 0.3) is 21.3 Å². The number of anilines is 3. The van der Waals surface area contributed by atoms with E-state index in [2.05, 4.69) is 40.1 Å². The Labute approximate surface area is 708 Å². The molecule has 658 valence electrons. The maximum Gasteiger partial charge on any atom is 0.410 e. The normalized spacial score (nSPS) is 23.7. The van der Waals surface area contributed by atoms with Gasteiger partial charge in [0, 0.05) is 92.5 Å². The second kappa shape index (κ2) is 38.7. The molecule has 12 rings (SSSR count). The fraction of sp³-hybridized carbons (Fsp3) is 0.536. The molecule has 6 aromatic rings. The van der Waals surface area contributed by atoms with Gasteiger partial charge >= 0.3 is 18.0 Å². The quantitative estimate of drug-likeness (QED) is 0.0143. The third-order valence-electron chi connectivity index (χ3n) is 24.3. The highest BCUT2D eigenvalue weighted by atomic mass is 32.2. The molecule has 3 aliphatic heterocycles. The van der Waals surface area contributed by atoms with Gasteiger partial charge in [0.2, 0.25) is 23.6 Å². The summed E-state index contributed by atoms with van der Waals surface area (Å²) in [5.41, 5.74) is 4.46. The number of aryl methyl sites for hydroxylation is 1. The van der Waals surface area contributed by atoms with Gasteiger partial charge in [-0.25, -0.2) is 24.4 Å². The van der Waals surface area contributed by atoms with Gasteiger partial charge in [-0.1, -0.05) is 69.4 Å². The Kier molecular flexibility index (Phi) is 28.8. The summed E-state index contributed by atoms with van der Waals surface area (Å²) in [4.78, 5) is 148. The number of rotatable bonds is 38. The number of nitrogens with zero attached hydrogens (tertiary/aromatic N) is 8. The van der Waals surface area contributed by atoms with Crippen LogP contribution in [0, 0.1) is 35.5 Å². The van der Waals surface area contributed by atoms with Crippen LogP contribution in [0.3, 0.4) is 0 Å². The predicted molar refractivity (Wildman–Crippen MR) is 441 cm³/mol. The van der Waals surface area contributed by atoms with Gasteiger partial charge in [0.25, 0.3) is 27.8 Å². The van der Waals surface area contributed by atoms with Gasteiger partial charge < -0.3 is 85.3 Å². The van der Waals surface area contributed by atoms with Gasteiger partial charge in [-0.2, -0.15) is 13.5 Å². The zero-order valence-corrected chi connectivity index (χ0v) is 70.3. The molecule has 13 atom stereocenters. The molecule has 6 unspecified atom stereocenters. The van der Waals surface area contributed by atoms with Crippen LogP contribution in [0.4, 0.5) is 21.4 Å². The highest BCUT2D eigenvalue weighted by Crippen LogP contribution is 2.68. The number of carboxylic acid groups (broad SMARTS) is 2. The van der Waals surface area contributed by atoms with E-state index in [0.29, 0.717) is 76.1 Å². The van der Waals surface area contributed by atoms with E-state index in [0.717, 1.165) is 76.2 Å². The SMILES string of the molecule is Cc1c(-c2ccc(N3CCc4cccc(C(=O)Nc5nc6ccccc6s5)c4C3)nc2C(=O)O)cnn1CC12CC3(C)CCC1C(C)CC(OCCN(CCC(O)CO)C(=O)OCc1ccc(NC(=O)[C@H](C)NC(=O)[C@@H](NC(=O)CCN(CCOCCS(=O)(=O)O)C(=O)CN4C(=O)C=CC4=O)C(C)C)cc1CC[C@@H]1O[C@H](C(=O)O)[C@@H](O)[C@H](O)[C@H]1O)(C3)C2. The van der Waals surface area contributed by atoms with Crippen LogP contribution in [0.5, 0.6) is 0 Å². The lowest BCUT2D eigenvalue weighted by atomic mass is 9.42. The van der Waals surface area contributed by atoms with E-state index in [4.69, 9.17) is 33.6 Å². The number of carboxylic acids is 2. The van der Waals surface area contributed by atoms with Gasteiger partial charge in [-0.3, -0.25) is 53.0 Å². The number of aromatic carboxylic acids is 1. The number of amides is 8. The van der Waals surface area contributed by atoms with Crippen molar-refractivity contribution >= 4 is 108 Å². The van der Waals surface area contributed by atoms with Crippen LogP contribution in [0.1, 0.15) is 141 Å². The maximum absolute atomic E-state index is 14.6. The first kappa shape index (κ1) is 91.0. The number of aromatic nitrogens is 4. The molecule has 0 radical (unpaired) electrons. The summed E-state index contributed by atoms with van der Waals surface area (Å²) < 4.78 is 58.5. The van der Waals surface area contributed by atoms with Crippen molar-refractivity contribution in [3.63, 3.8) is 0 Å².